The molecule has 2 heterocycles. The lowest BCUT2D eigenvalue weighted by atomic mass is 10.0. The second-order valence-corrected chi connectivity index (χ2v) is 4.78. The molecule has 1 aromatic heterocycles. The van der Waals surface area contributed by atoms with Gasteiger partial charge in [0.1, 0.15) is 0 Å². The van der Waals surface area contributed by atoms with Crippen LogP contribution in [0.5, 0.6) is 0 Å². The average Bonchev–Trinajstić information content (AvgIpc) is 2.47. The number of piperidine rings is 1. The number of carbonyl (C=O) groups excluding carboxylic acids is 1. The van der Waals surface area contributed by atoms with Crippen LogP contribution in [-0.2, 0) is 11.3 Å². The van der Waals surface area contributed by atoms with Crippen molar-refractivity contribution in [1.82, 2.24) is 15.2 Å². The summed E-state index contributed by atoms with van der Waals surface area (Å²) in [6, 6.07) is 3.68. The Hall–Kier alpha value is -1.66. The van der Waals surface area contributed by atoms with E-state index in [0.717, 1.165) is 37.2 Å². The Morgan fingerprint density at radius 2 is 2.42 bits per heavy atom. The summed E-state index contributed by atoms with van der Waals surface area (Å²) < 4.78 is 0. The monoisotopic (exact) mass is 263 g/mol. The van der Waals surface area contributed by atoms with Gasteiger partial charge in [0.2, 0.25) is 5.91 Å². The molecule has 1 atom stereocenters. The number of anilines is 1. The Bertz CT molecular complexity index is 437. The molecule has 2 rings (SSSR count). The summed E-state index contributed by atoms with van der Waals surface area (Å²) in [4.78, 5) is 18.4. The summed E-state index contributed by atoms with van der Waals surface area (Å²) in [5, 5.41) is 2.74. The number of likely N-dealkylation sites (N-methyl/N-ethyl adjacent to an activating group) is 1. The zero-order valence-electron chi connectivity index (χ0n) is 11.2. The van der Waals surface area contributed by atoms with Gasteiger partial charge in [0.25, 0.3) is 0 Å². The lowest BCUT2D eigenvalue weighted by Gasteiger charge is -2.34. The molecule has 6 heteroatoms. The third-order valence-corrected chi connectivity index (χ3v) is 3.51. The maximum Gasteiger partial charge on any atom is 0.237 e. The Balaban J connectivity index is 2.08. The quantitative estimate of drug-likeness (QED) is 0.543. The highest BCUT2D eigenvalue weighted by Crippen LogP contribution is 2.20. The van der Waals surface area contributed by atoms with E-state index in [1.807, 2.05) is 12.1 Å². The van der Waals surface area contributed by atoms with E-state index in [-0.39, 0.29) is 11.9 Å². The number of likely N-dealkylation sites (tertiary alicyclic amines) is 1. The van der Waals surface area contributed by atoms with Crippen LogP contribution >= 0.6 is 0 Å². The van der Waals surface area contributed by atoms with Gasteiger partial charge in [-0.15, -0.1) is 0 Å². The van der Waals surface area contributed by atoms with Gasteiger partial charge in [0, 0.05) is 19.8 Å². The molecule has 1 unspecified atom stereocenters. The Kier molecular flexibility index (Phi) is 4.70. The van der Waals surface area contributed by atoms with Crippen LogP contribution in [0.25, 0.3) is 0 Å². The SMILES string of the molecule is CNC(=O)C1CCCCN1Cc1cc(NN)ccn1. The molecule has 1 fully saturated rings. The van der Waals surface area contributed by atoms with E-state index in [1.54, 1.807) is 13.2 Å². The minimum Gasteiger partial charge on any atom is -0.358 e. The highest BCUT2D eigenvalue weighted by Gasteiger charge is 2.28. The van der Waals surface area contributed by atoms with E-state index in [9.17, 15) is 4.79 Å². The van der Waals surface area contributed by atoms with Crippen LogP contribution in [0.15, 0.2) is 18.3 Å². The van der Waals surface area contributed by atoms with E-state index in [0.29, 0.717) is 6.54 Å². The molecule has 0 bridgehead atoms. The third kappa shape index (κ3) is 3.42. The standard InChI is InChI=1S/C13H21N5O/c1-15-13(19)12-4-2-3-7-18(12)9-11-8-10(17-14)5-6-16-11/h5-6,8,12H,2-4,7,9,14H2,1H3,(H,15,19)(H,16,17). The van der Waals surface area contributed by atoms with Crippen molar-refractivity contribution in [3.63, 3.8) is 0 Å². The summed E-state index contributed by atoms with van der Waals surface area (Å²) in [7, 11) is 1.69. The molecule has 4 N–H and O–H groups in total. The van der Waals surface area contributed by atoms with Gasteiger partial charge in [-0.3, -0.25) is 20.5 Å². The highest BCUT2D eigenvalue weighted by atomic mass is 16.2. The van der Waals surface area contributed by atoms with E-state index in [1.165, 1.54) is 0 Å². The number of aromatic nitrogens is 1. The minimum atomic E-state index is -0.0463. The first-order valence-corrected chi connectivity index (χ1v) is 6.62. The molecule has 1 aliphatic rings. The maximum atomic E-state index is 11.9. The van der Waals surface area contributed by atoms with Gasteiger partial charge in [0.05, 0.1) is 17.4 Å². The van der Waals surface area contributed by atoms with Crippen LogP contribution in [0.1, 0.15) is 25.0 Å². The molecule has 1 saturated heterocycles. The topological polar surface area (TPSA) is 83.3 Å². The summed E-state index contributed by atoms with van der Waals surface area (Å²) >= 11 is 0. The highest BCUT2D eigenvalue weighted by molar-refractivity contribution is 5.81. The lowest BCUT2D eigenvalue weighted by molar-refractivity contribution is -0.127. The molecule has 0 aromatic carbocycles. The predicted molar refractivity (Wildman–Crippen MR) is 74.2 cm³/mol. The zero-order chi connectivity index (χ0) is 13.7. The lowest BCUT2D eigenvalue weighted by Crippen LogP contribution is -2.48. The first-order chi connectivity index (χ1) is 9.24. The van der Waals surface area contributed by atoms with Crippen molar-refractivity contribution >= 4 is 11.6 Å². The number of hydrogen-bond donors (Lipinski definition) is 3. The predicted octanol–water partition coefficient (Wildman–Crippen LogP) is 0.468. The van der Waals surface area contributed by atoms with Gasteiger partial charge in [0.15, 0.2) is 0 Å². The number of hydrogen-bond acceptors (Lipinski definition) is 5. The van der Waals surface area contributed by atoms with Gasteiger partial charge in [-0.2, -0.15) is 0 Å². The molecule has 19 heavy (non-hydrogen) atoms. The number of nitrogens with zero attached hydrogens (tertiary/aromatic N) is 2. The van der Waals surface area contributed by atoms with E-state index >= 15 is 0 Å². The number of rotatable bonds is 4. The average molecular weight is 263 g/mol. The maximum absolute atomic E-state index is 11.9. The van der Waals surface area contributed by atoms with E-state index in [2.05, 4.69) is 20.6 Å². The molecule has 1 aromatic rings. The second-order valence-electron chi connectivity index (χ2n) is 4.78. The summed E-state index contributed by atoms with van der Waals surface area (Å²) in [5.74, 6) is 5.48. The van der Waals surface area contributed by atoms with Crippen LogP contribution < -0.4 is 16.6 Å². The normalized spacial score (nSPS) is 20.0. The van der Waals surface area contributed by atoms with Crippen molar-refractivity contribution < 1.29 is 4.79 Å². The molecule has 1 amide bonds. The second kappa shape index (κ2) is 6.49. The van der Waals surface area contributed by atoms with Crippen molar-refractivity contribution in [3.8, 4) is 0 Å². The minimum absolute atomic E-state index is 0.0463. The molecule has 1 aliphatic heterocycles. The molecular formula is C13H21N5O. The van der Waals surface area contributed by atoms with Gasteiger partial charge >= 0.3 is 0 Å². The summed E-state index contributed by atoms with van der Waals surface area (Å²) in [6.45, 7) is 1.60. The van der Waals surface area contributed by atoms with Gasteiger partial charge in [-0.25, -0.2) is 0 Å². The zero-order valence-corrected chi connectivity index (χ0v) is 11.2. The third-order valence-electron chi connectivity index (χ3n) is 3.51. The van der Waals surface area contributed by atoms with E-state index < -0.39 is 0 Å². The van der Waals surface area contributed by atoms with Crippen LogP contribution in [0.3, 0.4) is 0 Å². The number of carbonyl (C=O) groups is 1. The molecular weight excluding hydrogens is 242 g/mol. The number of nitrogens with two attached hydrogens (primary N) is 1. The Morgan fingerprint density at radius 1 is 1.58 bits per heavy atom. The Labute approximate surface area is 113 Å². The van der Waals surface area contributed by atoms with Crippen LogP contribution in [0.4, 0.5) is 5.69 Å². The number of nitrogens with one attached hydrogen (secondary N) is 2. The Morgan fingerprint density at radius 3 is 3.16 bits per heavy atom. The van der Waals surface area contributed by atoms with Crippen LogP contribution in [0, 0.1) is 0 Å². The number of pyridine rings is 1. The fraction of sp³-hybridized carbons (Fsp3) is 0.538. The van der Waals surface area contributed by atoms with Crippen molar-refractivity contribution in [2.75, 3.05) is 19.0 Å². The first-order valence-electron chi connectivity index (χ1n) is 6.62. The fourth-order valence-corrected chi connectivity index (χ4v) is 2.51. The van der Waals surface area contributed by atoms with E-state index in [4.69, 9.17) is 5.84 Å². The van der Waals surface area contributed by atoms with Crippen molar-refractivity contribution in [3.05, 3.63) is 24.0 Å². The fourth-order valence-electron chi connectivity index (χ4n) is 2.51. The van der Waals surface area contributed by atoms with Gasteiger partial charge < -0.3 is 10.7 Å². The van der Waals surface area contributed by atoms with Gasteiger partial charge in [-0.05, 0) is 31.5 Å². The largest absolute Gasteiger partial charge is 0.358 e. The van der Waals surface area contributed by atoms with Crippen LogP contribution in [0.2, 0.25) is 0 Å². The van der Waals surface area contributed by atoms with Crippen molar-refractivity contribution in [2.45, 2.75) is 31.8 Å². The molecule has 104 valence electrons. The number of nitrogen functional groups attached to an aromatic ring is 1. The molecule has 6 nitrogen and oxygen atoms in total. The first kappa shape index (κ1) is 13.8. The molecule has 0 spiro atoms. The summed E-state index contributed by atoms with van der Waals surface area (Å²) in [5.41, 5.74) is 4.37. The smallest absolute Gasteiger partial charge is 0.237 e. The van der Waals surface area contributed by atoms with Gasteiger partial charge in [-0.1, -0.05) is 6.42 Å². The summed E-state index contributed by atoms with van der Waals surface area (Å²) in [6.07, 6.45) is 4.87. The number of hydrazine groups is 1. The van der Waals surface area contributed by atoms with Crippen molar-refractivity contribution in [1.29, 1.82) is 0 Å². The van der Waals surface area contributed by atoms with Crippen molar-refractivity contribution in [2.24, 2.45) is 5.84 Å². The van der Waals surface area contributed by atoms with Crippen LogP contribution in [-0.4, -0.2) is 35.4 Å². The number of amides is 1. The molecule has 0 aliphatic carbocycles. The molecule has 0 saturated carbocycles. The molecule has 0 radical (unpaired) electrons.